The second-order valence-electron chi connectivity index (χ2n) is 6.40. The van der Waals surface area contributed by atoms with E-state index in [0.717, 1.165) is 26.2 Å². The number of ether oxygens (including phenoxy) is 2. The predicted octanol–water partition coefficient (Wildman–Crippen LogP) is 2.59. The Morgan fingerprint density at radius 3 is 2.63 bits per heavy atom. The van der Waals surface area contributed by atoms with Gasteiger partial charge in [-0.15, -0.1) is 12.4 Å². The number of benzene rings is 1. The third kappa shape index (κ3) is 5.66. The average molecular weight is 392 g/mol. The molecule has 1 aromatic heterocycles. The molecule has 2 heterocycles. The van der Waals surface area contributed by atoms with E-state index in [1.54, 1.807) is 6.92 Å². The fourth-order valence-corrected chi connectivity index (χ4v) is 3.18. The number of esters is 1. The summed E-state index contributed by atoms with van der Waals surface area (Å²) >= 11 is 0. The molecule has 2 unspecified atom stereocenters. The number of methoxy groups -OCH3 is 1. The first-order valence-corrected chi connectivity index (χ1v) is 8.85. The van der Waals surface area contributed by atoms with Gasteiger partial charge in [0.05, 0.1) is 7.11 Å². The lowest BCUT2D eigenvalue weighted by molar-refractivity contribution is -0.147. The van der Waals surface area contributed by atoms with Gasteiger partial charge in [0.1, 0.15) is 5.75 Å². The molecule has 0 saturated carbocycles. The highest BCUT2D eigenvalue weighted by Gasteiger charge is 2.23. The van der Waals surface area contributed by atoms with Crippen molar-refractivity contribution in [1.29, 1.82) is 0 Å². The number of rotatable bonds is 6. The molecule has 0 spiro atoms. The van der Waals surface area contributed by atoms with Gasteiger partial charge in [-0.1, -0.05) is 12.1 Å². The first-order chi connectivity index (χ1) is 12.7. The second kappa shape index (κ2) is 10.3. The van der Waals surface area contributed by atoms with Crippen LogP contribution in [0.3, 0.4) is 0 Å². The molecule has 0 amide bonds. The number of aromatic nitrogens is 1. The number of pyridine rings is 1. The number of carbonyl (C=O) groups excluding carboxylic acids is 1. The van der Waals surface area contributed by atoms with E-state index in [0.29, 0.717) is 11.8 Å². The van der Waals surface area contributed by atoms with Crippen molar-refractivity contribution in [3.05, 3.63) is 59.9 Å². The number of halogens is 1. The average Bonchev–Trinajstić information content (AvgIpc) is 2.70. The zero-order chi connectivity index (χ0) is 18.4. The van der Waals surface area contributed by atoms with Gasteiger partial charge in [-0.25, -0.2) is 4.79 Å². The highest BCUT2D eigenvalue weighted by molar-refractivity contribution is 5.85. The Morgan fingerprint density at radius 1 is 1.26 bits per heavy atom. The minimum Gasteiger partial charge on any atom is -0.479 e. The van der Waals surface area contributed by atoms with Crippen LogP contribution in [-0.4, -0.2) is 48.7 Å². The normalized spacial score (nSPS) is 18.2. The summed E-state index contributed by atoms with van der Waals surface area (Å²) in [4.78, 5) is 18.0. The van der Waals surface area contributed by atoms with Gasteiger partial charge in [-0.2, -0.15) is 0 Å². The zero-order valence-electron chi connectivity index (χ0n) is 15.6. The van der Waals surface area contributed by atoms with E-state index in [9.17, 15) is 4.79 Å². The van der Waals surface area contributed by atoms with Gasteiger partial charge in [0.15, 0.2) is 6.10 Å². The molecule has 7 heteroatoms. The third-order valence-corrected chi connectivity index (χ3v) is 4.60. The summed E-state index contributed by atoms with van der Waals surface area (Å²) in [6.45, 7) is 5.45. The van der Waals surface area contributed by atoms with Gasteiger partial charge in [-0.05, 0) is 42.3 Å². The third-order valence-electron chi connectivity index (χ3n) is 4.60. The highest BCUT2D eigenvalue weighted by Crippen LogP contribution is 2.24. The molecular weight excluding hydrogens is 366 g/mol. The van der Waals surface area contributed by atoms with Crippen molar-refractivity contribution in [3.63, 3.8) is 0 Å². The highest BCUT2D eigenvalue weighted by atomic mass is 35.5. The molecule has 27 heavy (non-hydrogen) atoms. The van der Waals surface area contributed by atoms with E-state index >= 15 is 0 Å². The van der Waals surface area contributed by atoms with Gasteiger partial charge in [0.2, 0.25) is 0 Å². The molecule has 0 radical (unpaired) electrons. The summed E-state index contributed by atoms with van der Waals surface area (Å²) < 4.78 is 10.3. The minimum atomic E-state index is -0.616. The SMILES string of the molecule is COC(=O)C(C)Oc1ccc(CN2CCNCC2c2ccncc2)cc1.Cl. The van der Waals surface area contributed by atoms with Crippen LogP contribution in [-0.2, 0) is 16.1 Å². The molecule has 6 nitrogen and oxygen atoms in total. The molecule has 1 saturated heterocycles. The zero-order valence-corrected chi connectivity index (χ0v) is 16.4. The number of piperazine rings is 1. The van der Waals surface area contributed by atoms with E-state index < -0.39 is 6.10 Å². The quantitative estimate of drug-likeness (QED) is 0.763. The van der Waals surface area contributed by atoms with E-state index in [1.807, 2.05) is 36.7 Å². The fraction of sp³-hybridized carbons (Fsp3) is 0.400. The van der Waals surface area contributed by atoms with E-state index in [4.69, 9.17) is 4.74 Å². The van der Waals surface area contributed by atoms with Crippen molar-refractivity contribution in [3.8, 4) is 5.75 Å². The maximum absolute atomic E-state index is 11.5. The second-order valence-corrected chi connectivity index (χ2v) is 6.40. The Morgan fingerprint density at radius 2 is 1.96 bits per heavy atom. The molecule has 1 aromatic carbocycles. The van der Waals surface area contributed by atoms with Crippen molar-refractivity contribution in [1.82, 2.24) is 15.2 Å². The Bertz CT molecular complexity index is 712. The molecule has 2 atom stereocenters. The summed E-state index contributed by atoms with van der Waals surface area (Å²) in [5.74, 6) is 0.285. The van der Waals surface area contributed by atoms with Gasteiger partial charge < -0.3 is 14.8 Å². The molecular formula is C20H26ClN3O3. The van der Waals surface area contributed by atoms with E-state index in [1.165, 1.54) is 18.2 Å². The van der Waals surface area contributed by atoms with Crippen molar-refractivity contribution in [2.75, 3.05) is 26.7 Å². The van der Waals surface area contributed by atoms with Crippen LogP contribution < -0.4 is 10.1 Å². The number of hydrogen-bond acceptors (Lipinski definition) is 6. The molecule has 0 bridgehead atoms. The molecule has 146 valence electrons. The fourth-order valence-electron chi connectivity index (χ4n) is 3.18. The number of nitrogens with one attached hydrogen (secondary N) is 1. The molecule has 0 aliphatic carbocycles. The lowest BCUT2D eigenvalue weighted by atomic mass is 10.0. The molecule has 1 aliphatic rings. The Kier molecular flexibility index (Phi) is 8.03. The van der Waals surface area contributed by atoms with Crippen LogP contribution in [0.15, 0.2) is 48.8 Å². The molecule has 1 aliphatic heterocycles. The topological polar surface area (TPSA) is 63.7 Å². The summed E-state index contributed by atoms with van der Waals surface area (Å²) in [6, 6.07) is 12.4. The van der Waals surface area contributed by atoms with Crippen molar-refractivity contribution < 1.29 is 14.3 Å². The standard InChI is InChI=1S/C20H25N3O3.ClH/c1-15(20(24)25-2)26-18-5-3-16(4-6-18)14-23-12-11-22-13-19(23)17-7-9-21-10-8-17;/h3-10,15,19,22H,11-14H2,1-2H3;1H. The first-order valence-electron chi connectivity index (χ1n) is 8.85. The van der Waals surface area contributed by atoms with Crippen LogP contribution in [0.2, 0.25) is 0 Å². The summed E-state index contributed by atoms with van der Waals surface area (Å²) in [7, 11) is 1.36. The Balaban J connectivity index is 0.00000261. The van der Waals surface area contributed by atoms with Crippen molar-refractivity contribution >= 4 is 18.4 Å². The van der Waals surface area contributed by atoms with Gasteiger partial charge >= 0.3 is 5.97 Å². The van der Waals surface area contributed by atoms with Crippen LogP contribution in [0.4, 0.5) is 0 Å². The lowest BCUT2D eigenvalue weighted by Gasteiger charge is -2.36. The van der Waals surface area contributed by atoms with Crippen LogP contribution in [0, 0.1) is 0 Å². The Hall–Kier alpha value is -2.15. The number of nitrogens with zero attached hydrogens (tertiary/aromatic N) is 2. The largest absolute Gasteiger partial charge is 0.479 e. The number of carbonyl (C=O) groups is 1. The van der Waals surface area contributed by atoms with Crippen molar-refractivity contribution in [2.24, 2.45) is 0 Å². The maximum atomic E-state index is 11.5. The van der Waals surface area contributed by atoms with Crippen LogP contribution in [0.5, 0.6) is 5.75 Å². The molecule has 1 N–H and O–H groups in total. The van der Waals surface area contributed by atoms with Crippen molar-refractivity contribution in [2.45, 2.75) is 25.6 Å². The van der Waals surface area contributed by atoms with Crippen LogP contribution >= 0.6 is 12.4 Å². The monoisotopic (exact) mass is 391 g/mol. The predicted molar refractivity (Wildman–Crippen MR) is 106 cm³/mol. The molecule has 3 rings (SSSR count). The van der Waals surface area contributed by atoms with Gasteiger partial charge in [-0.3, -0.25) is 9.88 Å². The lowest BCUT2D eigenvalue weighted by Crippen LogP contribution is -2.45. The summed E-state index contributed by atoms with van der Waals surface area (Å²) in [5.41, 5.74) is 2.49. The minimum absolute atomic E-state index is 0. The van der Waals surface area contributed by atoms with Gasteiger partial charge in [0, 0.05) is 44.6 Å². The maximum Gasteiger partial charge on any atom is 0.346 e. The molecule has 1 fully saturated rings. The van der Waals surface area contributed by atoms with Crippen LogP contribution in [0.1, 0.15) is 24.1 Å². The number of hydrogen-bond donors (Lipinski definition) is 1. The first kappa shape index (κ1) is 21.2. The summed E-state index contributed by atoms with van der Waals surface area (Å²) in [6.07, 6.45) is 3.07. The molecule has 2 aromatic rings. The van der Waals surface area contributed by atoms with E-state index in [-0.39, 0.29) is 18.4 Å². The van der Waals surface area contributed by atoms with E-state index in [2.05, 4.69) is 32.1 Å². The Labute approximate surface area is 166 Å². The summed E-state index contributed by atoms with van der Waals surface area (Å²) in [5, 5.41) is 3.47. The van der Waals surface area contributed by atoms with Crippen LogP contribution in [0.25, 0.3) is 0 Å². The smallest absolute Gasteiger partial charge is 0.346 e. The van der Waals surface area contributed by atoms with Gasteiger partial charge in [0.25, 0.3) is 0 Å².